The molecule has 98 valence electrons. The van der Waals surface area contributed by atoms with E-state index >= 15 is 0 Å². The van der Waals surface area contributed by atoms with Crippen LogP contribution >= 0.6 is 0 Å². The number of fused-ring (bicyclic) bond motifs is 1. The molecule has 3 rings (SSSR count). The second kappa shape index (κ2) is 4.72. The van der Waals surface area contributed by atoms with Gasteiger partial charge < -0.3 is 9.47 Å². The molecule has 0 radical (unpaired) electrons. The van der Waals surface area contributed by atoms with E-state index in [1.807, 2.05) is 18.2 Å². The van der Waals surface area contributed by atoms with Crippen LogP contribution in [0.1, 0.15) is 16.2 Å². The van der Waals surface area contributed by atoms with Crippen molar-refractivity contribution in [2.24, 2.45) is 0 Å². The molecule has 0 bridgehead atoms. The highest BCUT2D eigenvalue weighted by molar-refractivity contribution is 5.84. The maximum absolute atomic E-state index is 11.3. The van der Waals surface area contributed by atoms with Crippen LogP contribution in [0, 0.1) is 0 Å². The van der Waals surface area contributed by atoms with Crippen molar-refractivity contribution >= 4 is 5.97 Å². The monoisotopic (exact) mass is 259 g/mol. The molecule has 1 atom stereocenters. The van der Waals surface area contributed by atoms with Crippen molar-refractivity contribution in [3.8, 4) is 5.75 Å². The van der Waals surface area contributed by atoms with E-state index in [-0.39, 0.29) is 11.9 Å². The Morgan fingerprint density at radius 3 is 3.16 bits per heavy atom. The molecule has 19 heavy (non-hydrogen) atoms. The van der Waals surface area contributed by atoms with Crippen LogP contribution in [0.25, 0.3) is 0 Å². The van der Waals surface area contributed by atoms with Crippen molar-refractivity contribution in [3.63, 3.8) is 0 Å². The molecule has 0 saturated carbocycles. The molecule has 6 nitrogen and oxygen atoms in total. The number of para-hydroxylation sites is 1. The number of carbonyl (C=O) groups is 1. The van der Waals surface area contributed by atoms with Crippen LogP contribution in [-0.4, -0.2) is 33.9 Å². The van der Waals surface area contributed by atoms with Crippen molar-refractivity contribution in [1.29, 1.82) is 0 Å². The summed E-state index contributed by atoms with van der Waals surface area (Å²) < 4.78 is 12.0. The Hall–Kier alpha value is -2.37. The van der Waals surface area contributed by atoms with E-state index in [2.05, 4.69) is 20.9 Å². The maximum Gasteiger partial charge on any atom is 0.377 e. The first kappa shape index (κ1) is 11.7. The molecule has 0 spiro atoms. The molecule has 1 aromatic carbocycles. The molecule has 0 saturated heterocycles. The van der Waals surface area contributed by atoms with Gasteiger partial charge in [0.05, 0.1) is 13.7 Å². The van der Waals surface area contributed by atoms with E-state index in [0.29, 0.717) is 6.54 Å². The first-order valence-corrected chi connectivity index (χ1v) is 5.98. The minimum absolute atomic E-state index is 0.0181. The summed E-state index contributed by atoms with van der Waals surface area (Å²) in [5.74, 6) is 0.452. The Morgan fingerprint density at radius 2 is 2.37 bits per heavy atom. The summed E-state index contributed by atoms with van der Waals surface area (Å²) in [6.45, 7) is 0.554. The van der Waals surface area contributed by atoms with E-state index < -0.39 is 5.97 Å². The van der Waals surface area contributed by atoms with Crippen LogP contribution < -0.4 is 4.74 Å². The van der Waals surface area contributed by atoms with Crippen LogP contribution in [0.5, 0.6) is 5.75 Å². The lowest BCUT2D eigenvalue weighted by molar-refractivity contribution is 0.0586. The summed E-state index contributed by atoms with van der Waals surface area (Å²) >= 11 is 0. The molecule has 2 heterocycles. The zero-order chi connectivity index (χ0) is 13.2. The minimum Gasteiger partial charge on any atom is -0.488 e. The Balaban J connectivity index is 1.68. The standard InChI is InChI=1S/C13H13N3O3/c1-18-13(17)12-14-8-16(15-12)7-10-6-9-4-2-3-5-11(9)19-10/h2-5,8,10H,6-7H2,1H3. The van der Waals surface area contributed by atoms with Crippen molar-refractivity contribution < 1.29 is 14.3 Å². The fraction of sp³-hybridized carbons (Fsp3) is 0.308. The lowest BCUT2D eigenvalue weighted by atomic mass is 10.1. The third-order valence-corrected chi connectivity index (χ3v) is 3.01. The number of hydrogen-bond donors (Lipinski definition) is 0. The van der Waals surface area contributed by atoms with Crippen molar-refractivity contribution in [1.82, 2.24) is 14.8 Å². The van der Waals surface area contributed by atoms with Gasteiger partial charge in [-0.1, -0.05) is 18.2 Å². The van der Waals surface area contributed by atoms with Gasteiger partial charge in [-0.05, 0) is 11.6 Å². The normalized spacial score (nSPS) is 16.8. The Bertz CT molecular complexity index is 584. The molecular formula is C13H13N3O3. The summed E-state index contributed by atoms with van der Waals surface area (Å²) in [7, 11) is 1.31. The summed E-state index contributed by atoms with van der Waals surface area (Å²) in [4.78, 5) is 15.2. The highest BCUT2D eigenvalue weighted by atomic mass is 16.5. The van der Waals surface area contributed by atoms with Crippen LogP contribution in [-0.2, 0) is 17.7 Å². The third kappa shape index (κ3) is 2.29. The second-order valence-electron chi connectivity index (χ2n) is 4.33. The highest BCUT2D eigenvalue weighted by Crippen LogP contribution is 2.28. The maximum atomic E-state index is 11.3. The van der Waals surface area contributed by atoms with E-state index in [9.17, 15) is 4.79 Å². The first-order valence-electron chi connectivity index (χ1n) is 5.98. The van der Waals surface area contributed by atoms with Crippen LogP contribution in [0.4, 0.5) is 0 Å². The zero-order valence-electron chi connectivity index (χ0n) is 10.4. The van der Waals surface area contributed by atoms with E-state index in [4.69, 9.17) is 4.74 Å². The van der Waals surface area contributed by atoms with Crippen LogP contribution in [0.2, 0.25) is 0 Å². The van der Waals surface area contributed by atoms with Gasteiger partial charge in [0.25, 0.3) is 5.82 Å². The van der Waals surface area contributed by atoms with Gasteiger partial charge in [-0.15, -0.1) is 5.10 Å². The van der Waals surface area contributed by atoms with Gasteiger partial charge in [0.1, 0.15) is 18.2 Å². The highest BCUT2D eigenvalue weighted by Gasteiger charge is 2.23. The molecule has 2 aromatic rings. The van der Waals surface area contributed by atoms with Gasteiger partial charge in [-0.3, -0.25) is 0 Å². The quantitative estimate of drug-likeness (QED) is 0.771. The molecular weight excluding hydrogens is 246 g/mol. The predicted octanol–water partition coefficient (Wildman–Crippen LogP) is 1.07. The fourth-order valence-corrected chi connectivity index (χ4v) is 2.13. The summed E-state index contributed by atoms with van der Waals surface area (Å²) in [6.07, 6.45) is 2.37. The number of ether oxygens (including phenoxy) is 2. The molecule has 0 aliphatic carbocycles. The fourth-order valence-electron chi connectivity index (χ4n) is 2.13. The summed E-state index contributed by atoms with van der Waals surface area (Å²) in [6, 6.07) is 7.95. The van der Waals surface area contributed by atoms with Gasteiger partial charge in [0.15, 0.2) is 0 Å². The number of esters is 1. The minimum atomic E-state index is -0.533. The molecule has 6 heteroatoms. The molecule has 1 aliphatic rings. The number of nitrogens with zero attached hydrogens (tertiary/aromatic N) is 3. The number of benzene rings is 1. The van der Waals surface area contributed by atoms with Gasteiger partial charge in [0.2, 0.25) is 0 Å². The molecule has 1 aliphatic heterocycles. The number of rotatable bonds is 3. The Morgan fingerprint density at radius 1 is 1.53 bits per heavy atom. The van der Waals surface area contributed by atoms with Crippen molar-refractivity contribution in [2.75, 3.05) is 7.11 Å². The smallest absolute Gasteiger partial charge is 0.377 e. The van der Waals surface area contributed by atoms with Crippen LogP contribution in [0.15, 0.2) is 30.6 Å². The number of methoxy groups -OCH3 is 1. The largest absolute Gasteiger partial charge is 0.488 e. The van der Waals surface area contributed by atoms with E-state index in [0.717, 1.165) is 12.2 Å². The van der Waals surface area contributed by atoms with E-state index in [1.165, 1.54) is 19.0 Å². The average Bonchev–Trinajstić information content (AvgIpc) is 3.04. The summed E-state index contributed by atoms with van der Waals surface area (Å²) in [5.41, 5.74) is 1.20. The number of hydrogen-bond acceptors (Lipinski definition) is 5. The van der Waals surface area contributed by atoms with Crippen molar-refractivity contribution in [3.05, 3.63) is 42.0 Å². The Labute approximate surface area is 110 Å². The lowest BCUT2D eigenvalue weighted by Gasteiger charge is -2.09. The zero-order valence-corrected chi connectivity index (χ0v) is 10.4. The first-order chi connectivity index (χ1) is 9.26. The topological polar surface area (TPSA) is 66.2 Å². The predicted molar refractivity (Wildman–Crippen MR) is 65.9 cm³/mol. The average molecular weight is 259 g/mol. The van der Waals surface area contributed by atoms with E-state index in [1.54, 1.807) is 4.68 Å². The van der Waals surface area contributed by atoms with Gasteiger partial charge in [-0.25, -0.2) is 14.5 Å². The Kier molecular flexibility index (Phi) is 2.91. The molecule has 1 aromatic heterocycles. The van der Waals surface area contributed by atoms with Crippen molar-refractivity contribution in [2.45, 2.75) is 19.1 Å². The molecule has 1 unspecified atom stereocenters. The molecule has 0 fully saturated rings. The third-order valence-electron chi connectivity index (χ3n) is 3.01. The molecule has 0 N–H and O–H groups in total. The lowest BCUT2D eigenvalue weighted by Crippen LogP contribution is -2.21. The van der Waals surface area contributed by atoms with Gasteiger partial charge in [0, 0.05) is 6.42 Å². The van der Waals surface area contributed by atoms with Gasteiger partial charge >= 0.3 is 5.97 Å². The number of aromatic nitrogens is 3. The SMILES string of the molecule is COC(=O)c1ncn(CC2Cc3ccccc3O2)n1. The second-order valence-corrected chi connectivity index (χ2v) is 4.33. The van der Waals surface area contributed by atoms with Crippen LogP contribution in [0.3, 0.4) is 0 Å². The van der Waals surface area contributed by atoms with Gasteiger partial charge in [-0.2, -0.15) is 0 Å². The molecule has 0 amide bonds. The number of carbonyl (C=O) groups excluding carboxylic acids is 1. The summed E-state index contributed by atoms with van der Waals surface area (Å²) in [5, 5.41) is 4.06.